The Hall–Kier alpha value is -2.40. The largest absolute Gasteiger partial charge is 0.379 e. The second-order valence-electron chi connectivity index (χ2n) is 6.99. The molecule has 136 valence electrons. The number of ether oxygens (including phenoxy) is 1. The van der Waals surface area contributed by atoms with Crippen LogP contribution in [0.25, 0.3) is 33.1 Å². The van der Waals surface area contributed by atoms with Crippen molar-refractivity contribution >= 4 is 33.5 Å². The molecule has 0 radical (unpaired) electrons. The molecule has 0 atom stereocenters. The van der Waals surface area contributed by atoms with Crippen LogP contribution in [0.5, 0.6) is 0 Å². The van der Waals surface area contributed by atoms with E-state index in [-0.39, 0.29) is 0 Å². The van der Waals surface area contributed by atoms with Gasteiger partial charge in [0.05, 0.1) is 18.2 Å². The number of aromatic nitrogens is 2. The summed E-state index contributed by atoms with van der Waals surface area (Å²) >= 11 is 6.42. The van der Waals surface area contributed by atoms with Gasteiger partial charge in [0.15, 0.2) is 0 Å². The van der Waals surface area contributed by atoms with E-state index in [2.05, 4.69) is 57.3 Å². The van der Waals surface area contributed by atoms with Crippen molar-refractivity contribution in [2.75, 3.05) is 26.3 Å². The fourth-order valence-corrected chi connectivity index (χ4v) is 4.02. The van der Waals surface area contributed by atoms with E-state index in [1.807, 2.05) is 6.07 Å². The van der Waals surface area contributed by atoms with Crippen LogP contribution in [-0.2, 0) is 11.3 Å². The summed E-state index contributed by atoms with van der Waals surface area (Å²) in [4.78, 5) is 10.2. The van der Waals surface area contributed by atoms with Crippen molar-refractivity contribution < 1.29 is 4.74 Å². The fraction of sp³-hybridized carbons (Fsp3) is 0.227. The molecule has 4 aromatic rings. The highest BCUT2D eigenvalue weighted by Crippen LogP contribution is 2.33. The zero-order chi connectivity index (χ0) is 18.2. The van der Waals surface area contributed by atoms with Crippen molar-refractivity contribution in [3.63, 3.8) is 0 Å². The van der Waals surface area contributed by atoms with Crippen LogP contribution in [0.4, 0.5) is 0 Å². The zero-order valence-corrected chi connectivity index (χ0v) is 15.7. The second-order valence-corrected chi connectivity index (χ2v) is 7.39. The lowest BCUT2D eigenvalue weighted by Crippen LogP contribution is -2.35. The van der Waals surface area contributed by atoms with Gasteiger partial charge in [-0.2, -0.15) is 0 Å². The molecule has 0 bridgehead atoms. The van der Waals surface area contributed by atoms with Crippen LogP contribution in [-0.4, -0.2) is 41.2 Å². The monoisotopic (exact) mass is 377 g/mol. The van der Waals surface area contributed by atoms with E-state index < -0.39 is 0 Å². The normalized spacial score (nSPS) is 15.6. The predicted molar refractivity (Wildman–Crippen MR) is 110 cm³/mol. The first kappa shape index (κ1) is 16.8. The number of H-pyrrole nitrogens is 1. The van der Waals surface area contributed by atoms with Crippen LogP contribution in [0.3, 0.4) is 0 Å². The molecule has 3 heterocycles. The minimum Gasteiger partial charge on any atom is -0.379 e. The molecule has 0 spiro atoms. The van der Waals surface area contributed by atoms with E-state index >= 15 is 0 Å². The SMILES string of the molecule is Clc1ccnc2[nH]c3ccc(-c4ccc(CN5CCOCC5)cc4)cc3c12. The number of nitrogens with zero attached hydrogens (tertiary/aromatic N) is 2. The number of aromatic amines is 1. The molecule has 2 aromatic carbocycles. The van der Waals surface area contributed by atoms with Gasteiger partial charge in [-0.05, 0) is 34.9 Å². The molecular formula is C22H20ClN3O. The van der Waals surface area contributed by atoms with Gasteiger partial charge in [0.2, 0.25) is 0 Å². The summed E-state index contributed by atoms with van der Waals surface area (Å²) in [6.45, 7) is 4.66. The highest BCUT2D eigenvalue weighted by molar-refractivity contribution is 6.37. The van der Waals surface area contributed by atoms with Gasteiger partial charge < -0.3 is 9.72 Å². The molecule has 0 amide bonds. The van der Waals surface area contributed by atoms with Gasteiger partial charge in [-0.25, -0.2) is 4.98 Å². The highest BCUT2D eigenvalue weighted by atomic mass is 35.5. The quantitative estimate of drug-likeness (QED) is 0.553. The Morgan fingerprint density at radius 3 is 2.59 bits per heavy atom. The van der Waals surface area contributed by atoms with Crippen molar-refractivity contribution in [3.05, 3.63) is 65.3 Å². The average Bonchev–Trinajstić information content (AvgIpc) is 3.08. The Labute approximate surface area is 162 Å². The molecule has 1 aliphatic rings. The van der Waals surface area contributed by atoms with Crippen LogP contribution in [0.2, 0.25) is 5.02 Å². The lowest BCUT2D eigenvalue weighted by molar-refractivity contribution is 0.0342. The fourth-order valence-electron chi connectivity index (χ4n) is 3.78. The van der Waals surface area contributed by atoms with Gasteiger partial charge in [0.1, 0.15) is 5.65 Å². The summed E-state index contributed by atoms with van der Waals surface area (Å²) in [5.74, 6) is 0. The van der Waals surface area contributed by atoms with E-state index in [4.69, 9.17) is 16.3 Å². The maximum Gasteiger partial charge on any atom is 0.139 e. The number of rotatable bonds is 3. The molecule has 1 fully saturated rings. The summed E-state index contributed by atoms with van der Waals surface area (Å²) in [6.07, 6.45) is 1.73. The van der Waals surface area contributed by atoms with Crippen molar-refractivity contribution in [3.8, 4) is 11.1 Å². The third-order valence-corrected chi connectivity index (χ3v) is 5.55. The maximum atomic E-state index is 6.42. The molecule has 0 unspecified atom stereocenters. The number of fused-ring (bicyclic) bond motifs is 3. The van der Waals surface area contributed by atoms with Gasteiger partial charge in [0.25, 0.3) is 0 Å². The topological polar surface area (TPSA) is 41.2 Å². The maximum absolute atomic E-state index is 6.42. The number of halogens is 1. The summed E-state index contributed by atoms with van der Waals surface area (Å²) in [5.41, 5.74) is 5.60. The molecule has 5 rings (SSSR count). The number of nitrogens with one attached hydrogen (secondary N) is 1. The van der Waals surface area contributed by atoms with E-state index in [9.17, 15) is 0 Å². The molecule has 0 saturated carbocycles. The van der Waals surface area contributed by atoms with Crippen LogP contribution in [0.1, 0.15) is 5.56 Å². The molecule has 1 aliphatic heterocycles. The minimum atomic E-state index is 0.726. The van der Waals surface area contributed by atoms with E-state index in [1.54, 1.807) is 6.20 Å². The predicted octanol–water partition coefficient (Wildman–Crippen LogP) is 4.87. The first-order valence-electron chi connectivity index (χ1n) is 9.23. The number of pyridine rings is 1. The van der Waals surface area contributed by atoms with E-state index in [0.717, 1.165) is 59.8 Å². The van der Waals surface area contributed by atoms with Crippen molar-refractivity contribution in [1.82, 2.24) is 14.9 Å². The smallest absolute Gasteiger partial charge is 0.139 e. The first-order valence-corrected chi connectivity index (χ1v) is 9.61. The molecule has 1 N–H and O–H groups in total. The molecular weight excluding hydrogens is 358 g/mol. The number of benzene rings is 2. The van der Waals surface area contributed by atoms with Gasteiger partial charge in [0, 0.05) is 42.1 Å². The molecule has 5 heteroatoms. The summed E-state index contributed by atoms with van der Waals surface area (Å²) in [7, 11) is 0. The summed E-state index contributed by atoms with van der Waals surface area (Å²) < 4.78 is 5.42. The van der Waals surface area contributed by atoms with Crippen molar-refractivity contribution in [2.24, 2.45) is 0 Å². The zero-order valence-electron chi connectivity index (χ0n) is 14.9. The lowest BCUT2D eigenvalue weighted by atomic mass is 10.0. The minimum absolute atomic E-state index is 0.726. The second kappa shape index (κ2) is 6.97. The van der Waals surface area contributed by atoms with Crippen LogP contribution in [0.15, 0.2) is 54.7 Å². The molecule has 4 nitrogen and oxygen atoms in total. The van der Waals surface area contributed by atoms with Gasteiger partial charge in [-0.15, -0.1) is 0 Å². The third-order valence-electron chi connectivity index (χ3n) is 5.24. The summed E-state index contributed by atoms with van der Waals surface area (Å²) in [5, 5.41) is 2.82. The van der Waals surface area contributed by atoms with Gasteiger partial charge in [-0.3, -0.25) is 4.90 Å². The van der Waals surface area contributed by atoms with Crippen LogP contribution in [0, 0.1) is 0 Å². The van der Waals surface area contributed by atoms with Crippen molar-refractivity contribution in [2.45, 2.75) is 6.54 Å². The van der Waals surface area contributed by atoms with Crippen LogP contribution < -0.4 is 0 Å². The Kier molecular flexibility index (Phi) is 4.32. The lowest BCUT2D eigenvalue weighted by Gasteiger charge is -2.26. The molecule has 1 saturated heterocycles. The molecule has 2 aromatic heterocycles. The van der Waals surface area contributed by atoms with Crippen molar-refractivity contribution in [1.29, 1.82) is 0 Å². The highest BCUT2D eigenvalue weighted by Gasteiger charge is 2.12. The Balaban J connectivity index is 1.47. The Morgan fingerprint density at radius 2 is 1.78 bits per heavy atom. The Bertz CT molecular complexity index is 1100. The standard InChI is InChI=1S/C22H20ClN3O/c23-19-7-8-24-22-21(19)18-13-17(5-6-20(18)25-22)16-3-1-15(2-4-16)14-26-9-11-27-12-10-26/h1-8,13H,9-12,14H2,(H,24,25). The van der Waals surface area contributed by atoms with Crippen LogP contribution >= 0.6 is 11.6 Å². The van der Waals surface area contributed by atoms with E-state index in [0.29, 0.717) is 0 Å². The first-order chi connectivity index (χ1) is 13.3. The third kappa shape index (κ3) is 3.21. The summed E-state index contributed by atoms with van der Waals surface area (Å²) in [6, 6.07) is 17.1. The number of hydrogen-bond acceptors (Lipinski definition) is 3. The number of morpholine rings is 1. The number of hydrogen-bond donors (Lipinski definition) is 1. The van der Waals surface area contributed by atoms with Gasteiger partial charge in [-0.1, -0.05) is 41.9 Å². The molecule has 0 aliphatic carbocycles. The Morgan fingerprint density at radius 1 is 1.00 bits per heavy atom. The molecule has 27 heavy (non-hydrogen) atoms. The van der Waals surface area contributed by atoms with Gasteiger partial charge >= 0.3 is 0 Å². The van der Waals surface area contributed by atoms with E-state index in [1.165, 1.54) is 16.7 Å². The average molecular weight is 378 g/mol.